The van der Waals surface area contributed by atoms with Crippen molar-refractivity contribution in [2.45, 2.75) is 40.7 Å². The molecule has 0 aromatic heterocycles. The van der Waals surface area contributed by atoms with Gasteiger partial charge in [0.15, 0.2) is 11.5 Å². The van der Waals surface area contributed by atoms with E-state index in [2.05, 4.69) is 48.1 Å². The molecule has 1 rings (SSSR count). The van der Waals surface area contributed by atoms with Gasteiger partial charge in [-0.05, 0) is 58.9 Å². The van der Waals surface area contributed by atoms with Gasteiger partial charge in [0.1, 0.15) is 0 Å². The highest BCUT2D eigenvalue weighted by molar-refractivity contribution is 9.10. The Morgan fingerprint density at radius 1 is 1.25 bits per heavy atom. The molecular weight excluding hydrogens is 318 g/mol. The topological polar surface area (TPSA) is 30.5 Å². The monoisotopic (exact) mass is 343 g/mol. The Kier molecular flexibility index (Phi) is 6.83. The quantitative estimate of drug-likeness (QED) is 0.745. The van der Waals surface area contributed by atoms with E-state index in [9.17, 15) is 0 Å². The molecule has 1 aromatic rings. The minimum absolute atomic E-state index is 0.365. The molecule has 0 aliphatic rings. The summed E-state index contributed by atoms with van der Waals surface area (Å²) in [4.78, 5) is 0. The van der Waals surface area contributed by atoms with E-state index in [1.165, 1.54) is 5.56 Å². The SMILES string of the molecule is CCOc1c(Br)cc(CNCCC(C)(C)C)cc1OC. The summed E-state index contributed by atoms with van der Waals surface area (Å²) in [5, 5.41) is 3.47. The van der Waals surface area contributed by atoms with Gasteiger partial charge in [0, 0.05) is 6.54 Å². The molecule has 4 heteroatoms. The Bertz CT molecular complexity index is 427. The van der Waals surface area contributed by atoms with E-state index in [1.807, 2.05) is 13.0 Å². The van der Waals surface area contributed by atoms with Gasteiger partial charge in [-0.2, -0.15) is 0 Å². The van der Waals surface area contributed by atoms with Crippen LogP contribution in [0.15, 0.2) is 16.6 Å². The second-order valence-corrected chi connectivity index (χ2v) is 6.88. The van der Waals surface area contributed by atoms with Crippen molar-refractivity contribution in [3.05, 3.63) is 22.2 Å². The smallest absolute Gasteiger partial charge is 0.175 e. The van der Waals surface area contributed by atoms with E-state index in [1.54, 1.807) is 7.11 Å². The summed E-state index contributed by atoms with van der Waals surface area (Å²) in [6, 6.07) is 4.11. The fraction of sp³-hybridized carbons (Fsp3) is 0.625. The fourth-order valence-corrected chi connectivity index (χ4v) is 2.46. The van der Waals surface area contributed by atoms with E-state index >= 15 is 0 Å². The molecule has 0 heterocycles. The zero-order valence-electron chi connectivity index (χ0n) is 13.2. The molecule has 1 aromatic carbocycles. The average Bonchev–Trinajstić information content (AvgIpc) is 2.36. The normalized spacial score (nSPS) is 11.5. The second-order valence-electron chi connectivity index (χ2n) is 6.03. The summed E-state index contributed by atoms with van der Waals surface area (Å²) in [5.41, 5.74) is 1.55. The van der Waals surface area contributed by atoms with E-state index < -0.39 is 0 Å². The minimum atomic E-state index is 0.365. The molecule has 0 saturated carbocycles. The number of ether oxygens (including phenoxy) is 2. The number of halogens is 1. The number of benzene rings is 1. The van der Waals surface area contributed by atoms with Gasteiger partial charge < -0.3 is 14.8 Å². The van der Waals surface area contributed by atoms with E-state index in [0.29, 0.717) is 12.0 Å². The van der Waals surface area contributed by atoms with Crippen molar-refractivity contribution in [1.82, 2.24) is 5.32 Å². The highest BCUT2D eigenvalue weighted by Crippen LogP contribution is 2.36. The van der Waals surface area contributed by atoms with Gasteiger partial charge in [-0.15, -0.1) is 0 Å². The summed E-state index contributed by atoms with van der Waals surface area (Å²) in [7, 11) is 1.67. The third kappa shape index (κ3) is 5.71. The summed E-state index contributed by atoms with van der Waals surface area (Å²) in [5.74, 6) is 1.54. The Labute approximate surface area is 131 Å². The van der Waals surface area contributed by atoms with Crippen molar-refractivity contribution in [2.75, 3.05) is 20.3 Å². The molecule has 114 valence electrons. The van der Waals surface area contributed by atoms with Crippen LogP contribution in [0.2, 0.25) is 0 Å². The molecule has 0 unspecified atom stereocenters. The highest BCUT2D eigenvalue weighted by atomic mass is 79.9. The van der Waals surface area contributed by atoms with Crippen LogP contribution in [-0.4, -0.2) is 20.3 Å². The van der Waals surface area contributed by atoms with E-state index in [-0.39, 0.29) is 0 Å². The van der Waals surface area contributed by atoms with Crippen molar-refractivity contribution in [1.29, 1.82) is 0 Å². The maximum absolute atomic E-state index is 5.59. The number of methoxy groups -OCH3 is 1. The molecule has 0 bridgehead atoms. The fourth-order valence-electron chi connectivity index (χ4n) is 1.86. The predicted molar refractivity (Wildman–Crippen MR) is 87.6 cm³/mol. The van der Waals surface area contributed by atoms with E-state index in [4.69, 9.17) is 9.47 Å². The molecule has 3 nitrogen and oxygen atoms in total. The van der Waals surface area contributed by atoms with Gasteiger partial charge in [-0.3, -0.25) is 0 Å². The van der Waals surface area contributed by atoms with Gasteiger partial charge >= 0.3 is 0 Å². The number of nitrogens with one attached hydrogen (secondary N) is 1. The lowest BCUT2D eigenvalue weighted by atomic mass is 9.92. The van der Waals surface area contributed by atoms with Crippen molar-refractivity contribution in [2.24, 2.45) is 5.41 Å². The zero-order valence-corrected chi connectivity index (χ0v) is 14.8. The summed E-state index contributed by atoms with van der Waals surface area (Å²) < 4.78 is 11.9. The molecule has 0 fully saturated rings. The lowest BCUT2D eigenvalue weighted by Gasteiger charge is -2.18. The standard InChI is InChI=1S/C16H26BrNO2/c1-6-20-15-13(17)9-12(10-14(15)19-5)11-18-8-7-16(2,3)4/h9-10,18H,6-8,11H2,1-5H3. The first-order valence-corrected chi connectivity index (χ1v) is 7.86. The molecule has 0 atom stereocenters. The van der Waals surface area contributed by atoms with Crippen LogP contribution in [0.5, 0.6) is 11.5 Å². The number of hydrogen-bond donors (Lipinski definition) is 1. The first kappa shape index (κ1) is 17.3. The molecule has 20 heavy (non-hydrogen) atoms. The van der Waals surface area contributed by atoms with Crippen LogP contribution in [0.3, 0.4) is 0 Å². The van der Waals surface area contributed by atoms with E-state index in [0.717, 1.165) is 35.5 Å². The number of hydrogen-bond acceptors (Lipinski definition) is 3. The lowest BCUT2D eigenvalue weighted by molar-refractivity contribution is 0.308. The maximum Gasteiger partial charge on any atom is 0.175 e. The average molecular weight is 344 g/mol. The second kappa shape index (κ2) is 7.89. The summed E-state index contributed by atoms with van der Waals surface area (Å²) in [6.45, 7) is 11.2. The van der Waals surface area contributed by atoms with Crippen molar-refractivity contribution in [3.8, 4) is 11.5 Å². The Morgan fingerprint density at radius 3 is 2.50 bits per heavy atom. The van der Waals surface area contributed by atoms with Crippen LogP contribution in [0.1, 0.15) is 39.7 Å². The largest absolute Gasteiger partial charge is 0.493 e. The van der Waals surface area contributed by atoms with Crippen molar-refractivity contribution >= 4 is 15.9 Å². The molecule has 0 aliphatic carbocycles. The van der Waals surface area contributed by atoms with Crippen LogP contribution in [-0.2, 0) is 6.54 Å². The summed E-state index contributed by atoms with van der Waals surface area (Å²) >= 11 is 3.55. The molecule has 0 aliphatic heterocycles. The van der Waals surface area contributed by atoms with Gasteiger partial charge in [-0.1, -0.05) is 20.8 Å². The molecule has 0 amide bonds. The van der Waals surface area contributed by atoms with Crippen LogP contribution in [0.25, 0.3) is 0 Å². The van der Waals surface area contributed by atoms with Crippen molar-refractivity contribution in [3.63, 3.8) is 0 Å². The minimum Gasteiger partial charge on any atom is -0.493 e. The Hall–Kier alpha value is -0.740. The molecule has 0 spiro atoms. The van der Waals surface area contributed by atoms with Crippen LogP contribution in [0.4, 0.5) is 0 Å². The van der Waals surface area contributed by atoms with Crippen molar-refractivity contribution < 1.29 is 9.47 Å². The summed E-state index contributed by atoms with van der Waals surface area (Å²) in [6.07, 6.45) is 1.16. The first-order valence-electron chi connectivity index (χ1n) is 7.07. The molecule has 1 N–H and O–H groups in total. The van der Waals surface area contributed by atoms with Gasteiger partial charge in [0.2, 0.25) is 0 Å². The first-order chi connectivity index (χ1) is 9.37. The molecular formula is C16H26BrNO2. The zero-order chi connectivity index (χ0) is 15.2. The highest BCUT2D eigenvalue weighted by Gasteiger charge is 2.12. The molecule has 0 radical (unpaired) electrons. The van der Waals surface area contributed by atoms with Gasteiger partial charge in [0.05, 0.1) is 18.2 Å². The third-order valence-electron chi connectivity index (χ3n) is 2.96. The van der Waals surface area contributed by atoms with Gasteiger partial charge in [0.25, 0.3) is 0 Å². The third-order valence-corrected chi connectivity index (χ3v) is 3.55. The molecule has 0 saturated heterocycles. The van der Waals surface area contributed by atoms with Crippen LogP contribution >= 0.6 is 15.9 Å². The Morgan fingerprint density at radius 2 is 1.95 bits per heavy atom. The van der Waals surface area contributed by atoms with Crippen LogP contribution < -0.4 is 14.8 Å². The van der Waals surface area contributed by atoms with Crippen LogP contribution in [0, 0.1) is 5.41 Å². The maximum atomic E-state index is 5.59. The number of rotatable bonds is 7. The lowest BCUT2D eigenvalue weighted by Crippen LogP contribution is -2.20. The Balaban J connectivity index is 2.65. The van der Waals surface area contributed by atoms with Gasteiger partial charge in [-0.25, -0.2) is 0 Å². The predicted octanol–water partition coefficient (Wildman–Crippen LogP) is 4.38.